The Balaban J connectivity index is 1.89. The average Bonchev–Trinajstić information content (AvgIpc) is 2.82. The minimum absolute atomic E-state index is 0.0262. The van der Waals surface area contributed by atoms with Gasteiger partial charge in [0.25, 0.3) is 0 Å². The summed E-state index contributed by atoms with van der Waals surface area (Å²) in [6.07, 6.45) is 4.30. The Labute approximate surface area is 125 Å². The highest BCUT2D eigenvalue weighted by molar-refractivity contribution is 7.99. The van der Waals surface area contributed by atoms with Crippen molar-refractivity contribution in [1.29, 1.82) is 0 Å². The fourth-order valence-electron chi connectivity index (χ4n) is 2.02. The van der Waals surface area contributed by atoms with Crippen LogP contribution in [0.15, 0.2) is 35.7 Å². The van der Waals surface area contributed by atoms with Gasteiger partial charge in [-0.05, 0) is 12.1 Å². The number of benzene rings is 1. The largest absolute Gasteiger partial charge is 0.490 e. The number of carboxylic acid groups (broad SMARTS) is 1. The molecule has 0 aliphatic carbocycles. The highest BCUT2D eigenvalue weighted by atomic mass is 32.2. The molecule has 0 spiro atoms. The van der Waals surface area contributed by atoms with Crippen LogP contribution in [0.4, 0.5) is 0 Å². The molecule has 0 saturated carbocycles. The maximum absolute atomic E-state index is 10.7. The molecule has 1 aliphatic rings. The van der Waals surface area contributed by atoms with Gasteiger partial charge in [0.2, 0.25) is 0 Å². The molecule has 0 atom stereocenters. The molecule has 7 heteroatoms. The molecule has 21 heavy (non-hydrogen) atoms. The van der Waals surface area contributed by atoms with Gasteiger partial charge in [-0.2, -0.15) is 0 Å². The van der Waals surface area contributed by atoms with E-state index in [9.17, 15) is 4.79 Å². The Hall–Kier alpha value is -2.15. The number of carbonyl (C=O) groups is 1. The fraction of sp³-hybridized carbons (Fsp3) is 0.286. The van der Waals surface area contributed by atoms with E-state index in [-0.39, 0.29) is 5.75 Å². The van der Waals surface area contributed by atoms with Crippen LogP contribution in [0.5, 0.6) is 11.5 Å². The number of fused-ring (bicyclic) bond motifs is 1. The van der Waals surface area contributed by atoms with E-state index in [1.165, 1.54) is 11.8 Å². The Morgan fingerprint density at radius 2 is 2.14 bits per heavy atom. The summed E-state index contributed by atoms with van der Waals surface area (Å²) in [6, 6.07) is 5.65. The van der Waals surface area contributed by atoms with Crippen molar-refractivity contribution in [2.75, 3.05) is 19.0 Å². The van der Waals surface area contributed by atoms with E-state index in [1.807, 2.05) is 22.8 Å². The summed E-state index contributed by atoms with van der Waals surface area (Å²) in [5, 5.41) is 9.40. The van der Waals surface area contributed by atoms with Crippen molar-refractivity contribution in [3.8, 4) is 17.2 Å². The summed E-state index contributed by atoms with van der Waals surface area (Å²) in [6.45, 7) is 1.28. The quantitative estimate of drug-likeness (QED) is 0.873. The molecule has 0 bridgehead atoms. The monoisotopic (exact) mass is 306 g/mol. The number of carboxylic acids is 1. The van der Waals surface area contributed by atoms with E-state index in [1.54, 1.807) is 12.4 Å². The Bertz CT molecular complexity index is 656. The third kappa shape index (κ3) is 3.13. The number of ether oxygens (including phenoxy) is 2. The standard InChI is InChI=1S/C14H14N2O4S/c17-13(18)9-21-14-15-4-5-16(14)10-2-3-11-12(8-10)20-7-1-6-19-11/h2-5,8H,1,6-7,9H2,(H,17,18). The molecular formula is C14H14N2O4S. The number of aliphatic carboxylic acids is 1. The number of hydrogen-bond donors (Lipinski definition) is 1. The van der Waals surface area contributed by atoms with Gasteiger partial charge in [-0.15, -0.1) is 0 Å². The summed E-state index contributed by atoms with van der Waals surface area (Å²) in [5.74, 6) is 0.541. The molecule has 0 saturated heterocycles. The molecule has 0 fully saturated rings. The average molecular weight is 306 g/mol. The highest BCUT2D eigenvalue weighted by Crippen LogP contribution is 2.32. The smallest absolute Gasteiger partial charge is 0.313 e. The van der Waals surface area contributed by atoms with Crippen LogP contribution >= 0.6 is 11.8 Å². The van der Waals surface area contributed by atoms with Gasteiger partial charge < -0.3 is 14.6 Å². The normalized spacial score (nSPS) is 13.7. The van der Waals surface area contributed by atoms with Crippen LogP contribution in [0.25, 0.3) is 5.69 Å². The lowest BCUT2D eigenvalue weighted by atomic mass is 10.2. The van der Waals surface area contributed by atoms with Gasteiger partial charge in [-0.1, -0.05) is 11.8 Å². The van der Waals surface area contributed by atoms with Gasteiger partial charge >= 0.3 is 5.97 Å². The second-order valence-corrected chi connectivity index (χ2v) is 5.39. The van der Waals surface area contributed by atoms with Gasteiger partial charge in [0, 0.05) is 24.9 Å². The summed E-state index contributed by atoms with van der Waals surface area (Å²) in [4.78, 5) is 14.9. The number of thioether (sulfide) groups is 1. The zero-order chi connectivity index (χ0) is 14.7. The molecule has 1 aromatic carbocycles. The maximum atomic E-state index is 10.7. The predicted octanol–water partition coefficient (Wildman–Crippen LogP) is 2.21. The zero-order valence-electron chi connectivity index (χ0n) is 11.2. The van der Waals surface area contributed by atoms with Crippen molar-refractivity contribution in [1.82, 2.24) is 9.55 Å². The molecule has 2 heterocycles. The summed E-state index contributed by atoms with van der Waals surface area (Å²) >= 11 is 1.18. The maximum Gasteiger partial charge on any atom is 0.313 e. The predicted molar refractivity (Wildman–Crippen MR) is 77.5 cm³/mol. The number of rotatable bonds is 4. The minimum atomic E-state index is -0.867. The van der Waals surface area contributed by atoms with Crippen molar-refractivity contribution >= 4 is 17.7 Å². The van der Waals surface area contributed by atoms with E-state index >= 15 is 0 Å². The first kappa shape index (κ1) is 13.8. The third-order valence-corrected chi connectivity index (χ3v) is 3.89. The van der Waals surface area contributed by atoms with Crippen molar-refractivity contribution < 1.29 is 19.4 Å². The number of imidazole rings is 1. The van der Waals surface area contributed by atoms with Crippen molar-refractivity contribution in [3.05, 3.63) is 30.6 Å². The van der Waals surface area contributed by atoms with Gasteiger partial charge in [-0.25, -0.2) is 4.98 Å². The molecule has 0 amide bonds. The number of nitrogens with zero attached hydrogens (tertiary/aromatic N) is 2. The van der Waals surface area contributed by atoms with Crippen LogP contribution in [0.2, 0.25) is 0 Å². The van der Waals surface area contributed by atoms with Crippen molar-refractivity contribution in [3.63, 3.8) is 0 Å². The highest BCUT2D eigenvalue weighted by Gasteiger charge is 2.13. The molecule has 6 nitrogen and oxygen atoms in total. The first-order valence-electron chi connectivity index (χ1n) is 6.52. The Kier molecular flexibility index (Phi) is 4.01. The number of aromatic nitrogens is 2. The summed E-state index contributed by atoms with van der Waals surface area (Å²) in [5.41, 5.74) is 0.865. The molecule has 110 valence electrons. The molecular weight excluding hydrogens is 292 g/mol. The second kappa shape index (κ2) is 6.09. The van der Waals surface area contributed by atoms with E-state index < -0.39 is 5.97 Å². The van der Waals surface area contributed by atoms with E-state index in [4.69, 9.17) is 14.6 Å². The van der Waals surface area contributed by atoms with E-state index in [0.29, 0.717) is 24.1 Å². The van der Waals surface area contributed by atoms with Gasteiger partial charge in [0.1, 0.15) is 0 Å². The molecule has 3 rings (SSSR count). The van der Waals surface area contributed by atoms with Crippen LogP contribution in [0.1, 0.15) is 6.42 Å². The second-order valence-electron chi connectivity index (χ2n) is 4.44. The number of hydrogen-bond acceptors (Lipinski definition) is 5. The van der Waals surface area contributed by atoms with Crippen LogP contribution in [-0.4, -0.2) is 39.6 Å². The molecule has 0 unspecified atom stereocenters. The topological polar surface area (TPSA) is 73.6 Å². The van der Waals surface area contributed by atoms with E-state index in [0.717, 1.165) is 17.9 Å². The molecule has 1 aliphatic heterocycles. The van der Waals surface area contributed by atoms with Crippen molar-refractivity contribution in [2.45, 2.75) is 11.6 Å². The minimum Gasteiger partial charge on any atom is -0.490 e. The zero-order valence-corrected chi connectivity index (χ0v) is 12.0. The molecule has 1 aromatic heterocycles. The first-order chi connectivity index (χ1) is 10.2. The van der Waals surface area contributed by atoms with Crippen LogP contribution in [0, 0.1) is 0 Å². The fourth-order valence-corrected chi connectivity index (χ4v) is 2.71. The van der Waals surface area contributed by atoms with Crippen LogP contribution < -0.4 is 9.47 Å². The molecule has 0 radical (unpaired) electrons. The summed E-state index contributed by atoms with van der Waals surface area (Å²) in [7, 11) is 0. The van der Waals surface area contributed by atoms with Gasteiger partial charge in [-0.3, -0.25) is 9.36 Å². The van der Waals surface area contributed by atoms with Crippen molar-refractivity contribution in [2.24, 2.45) is 0 Å². The van der Waals surface area contributed by atoms with Crippen LogP contribution in [0.3, 0.4) is 0 Å². The SMILES string of the molecule is O=C(O)CSc1nccn1-c1ccc2c(c1)OCCCO2. The lowest BCUT2D eigenvalue weighted by Gasteiger charge is -2.11. The first-order valence-corrected chi connectivity index (χ1v) is 7.50. The Morgan fingerprint density at radius 3 is 2.95 bits per heavy atom. The molecule has 2 aromatic rings. The lowest BCUT2D eigenvalue weighted by Crippen LogP contribution is -2.02. The Morgan fingerprint density at radius 1 is 1.33 bits per heavy atom. The lowest BCUT2D eigenvalue weighted by molar-refractivity contribution is -0.133. The van der Waals surface area contributed by atoms with Gasteiger partial charge in [0.05, 0.1) is 24.7 Å². The summed E-state index contributed by atoms with van der Waals surface area (Å²) < 4.78 is 13.1. The third-order valence-electron chi connectivity index (χ3n) is 2.94. The molecule has 1 N–H and O–H groups in total. The van der Waals surface area contributed by atoms with Crippen LogP contribution in [-0.2, 0) is 4.79 Å². The van der Waals surface area contributed by atoms with E-state index in [2.05, 4.69) is 4.98 Å². The van der Waals surface area contributed by atoms with Gasteiger partial charge in [0.15, 0.2) is 16.7 Å².